The number of nitrogens with zero attached hydrogens (tertiary/aromatic N) is 1. The van der Waals surface area contributed by atoms with Gasteiger partial charge in [0.25, 0.3) is 0 Å². The van der Waals surface area contributed by atoms with E-state index in [1.165, 1.54) is 0 Å². The molecule has 1 amide bonds. The van der Waals surface area contributed by atoms with E-state index >= 15 is 0 Å². The van der Waals surface area contributed by atoms with Gasteiger partial charge >= 0.3 is 5.97 Å². The lowest BCUT2D eigenvalue weighted by atomic mass is 10.0. The molecule has 1 saturated heterocycles. The second kappa shape index (κ2) is 6.00. The summed E-state index contributed by atoms with van der Waals surface area (Å²) in [5.41, 5.74) is 0. The summed E-state index contributed by atoms with van der Waals surface area (Å²) >= 11 is 0. The first-order valence-corrected chi connectivity index (χ1v) is 6.19. The molecule has 0 aromatic heterocycles. The van der Waals surface area contributed by atoms with Crippen molar-refractivity contribution in [1.29, 1.82) is 0 Å². The molecule has 5 nitrogen and oxygen atoms in total. The average molecular weight is 242 g/mol. The van der Waals surface area contributed by atoms with Crippen LogP contribution in [0.4, 0.5) is 0 Å². The molecule has 0 bridgehead atoms. The van der Waals surface area contributed by atoms with Crippen LogP contribution >= 0.6 is 0 Å². The summed E-state index contributed by atoms with van der Waals surface area (Å²) in [6.07, 6.45) is 1.86. The van der Waals surface area contributed by atoms with Gasteiger partial charge in [0.1, 0.15) is 6.04 Å². The summed E-state index contributed by atoms with van der Waals surface area (Å²) in [7, 11) is 0. The van der Waals surface area contributed by atoms with Crippen molar-refractivity contribution in [2.24, 2.45) is 5.92 Å². The molecule has 1 fully saturated rings. The predicted molar refractivity (Wildman–Crippen MR) is 64.7 cm³/mol. The van der Waals surface area contributed by atoms with E-state index in [2.05, 4.69) is 5.32 Å². The molecule has 1 rings (SSSR count). The molecule has 0 radical (unpaired) electrons. The molecule has 2 unspecified atom stereocenters. The largest absolute Gasteiger partial charge is 0.480 e. The zero-order chi connectivity index (χ0) is 13.0. The van der Waals surface area contributed by atoms with Crippen molar-refractivity contribution in [1.82, 2.24) is 10.2 Å². The molecule has 0 aromatic carbocycles. The first-order chi connectivity index (χ1) is 7.91. The number of aliphatic carboxylic acids is 1. The fourth-order valence-corrected chi connectivity index (χ4v) is 2.00. The number of carboxylic acids is 1. The molecule has 1 heterocycles. The number of nitrogens with one attached hydrogen (secondary N) is 1. The minimum Gasteiger partial charge on any atom is -0.480 e. The van der Waals surface area contributed by atoms with E-state index in [0.29, 0.717) is 6.54 Å². The van der Waals surface area contributed by atoms with Gasteiger partial charge in [0.15, 0.2) is 0 Å². The Balaban J connectivity index is 2.49. The van der Waals surface area contributed by atoms with Crippen LogP contribution in [0.1, 0.15) is 33.6 Å². The maximum absolute atomic E-state index is 11.6. The second-order valence-corrected chi connectivity index (χ2v) is 5.01. The lowest BCUT2D eigenvalue weighted by molar-refractivity contribution is -0.143. The quantitative estimate of drug-likeness (QED) is 0.761. The third-order valence-corrected chi connectivity index (χ3v) is 3.23. The Kier molecular flexibility index (Phi) is 4.93. The SMILES string of the molecule is CC(C)C(=O)NC1CCCN(C(C)C(=O)O)C1. The first kappa shape index (κ1) is 14.0. The molecular formula is C12H22N2O3. The molecule has 0 saturated carbocycles. The number of carbonyl (C=O) groups excluding carboxylic acids is 1. The topological polar surface area (TPSA) is 69.6 Å². The Bertz CT molecular complexity index is 291. The van der Waals surface area contributed by atoms with E-state index in [9.17, 15) is 9.59 Å². The van der Waals surface area contributed by atoms with Gasteiger partial charge in [-0.1, -0.05) is 13.8 Å². The van der Waals surface area contributed by atoms with Crippen LogP contribution < -0.4 is 5.32 Å². The lowest BCUT2D eigenvalue weighted by Crippen LogP contribution is -2.52. The van der Waals surface area contributed by atoms with Crippen LogP contribution in [-0.2, 0) is 9.59 Å². The number of carbonyl (C=O) groups is 2. The Morgan fingerprint density at radius 3 is 2.53 bits per heavy atom. The van der Waals surface area contributed by atoms with Gasteiger partial charge < -0.3 is 10.4 Å². The predicted octanol–water partition coefficient (Wildman–Crippen LogP) is 0.696. The maximum Gasteiger partial charge on any atom is 0.320 e. The lowest BCUT2D eigenvalue weighted by Gasteiger charge is -2.35. The van der Waals surface area contributed by atoms with Crippen molar-refractivity contribution >= 4 is 11.9 Å². The van der Waals surface area contributed by atoms with Gasteiger partial charge in [-0.05, 0) is 26.3 Å². The van der Waals surface area contributed by atoms with Gasteiger partial charge in [-0.2, -0.15) is 0 Å². The summed E-state index contributed by atoms with van der Waals surface area (Å²) in [4.78, 5) is 24.4. The Hall–Kier alpha value is -1.10. The zero-order valence-corrected chi connectivity index (χ0v) is 10.8. The van der Waals surface area contributed by atoms with Gasteiger partial charge in [-0.3, -0.25) is 14.5 Å². The Morgan fingerprint density at radius 2 is 2.00 bits per heavy atom. The summed E-state index contributed by atoms with van der Waals surface area (Å²) in [5.74, 6) is -0.789. The van der Waals surface area contributed by atoms with Crippen LogP contribution in [0.25, 0.3) is 0 Å². The second-order valence-electron chi connectivity index (χ2n) is 5.01. The van der Waals surface area contributed by atoms with E-state index in [-0.39, 0.29) is 17.9 Å². The van der Waals surface area contributed by atoms with Crippen molar-refractivity contribution in [2.75, 3.05) is 13.1 Å². The molecule has 1 aliphatic rings. The molecule has 2 N–H and O–H groups in total. The first-order valence-electron chi connectivity index (χ1n) is 6.19. The molecule has 0 aromatic rings. The zero-order valence-electron chi connectivity index (χ0n) is 10.8. The minimum atomic E-state index is -0.805. The third-order valence-electron chi connectivity index (χ3n) is 3.23. The number of carboxylic acid groups (broad SMARTS) is 1. The van der Waals surface area contributed by atoms with Crippen molar-refractivity contribution in [3.8, 4) is 0 Å². The van der Waals surface area contributed by atoms with Crippen molar-refractivity contribution in [3.05, 3.63) is 0 Å². The van der Waals surface area contributed by atoms with Crippen LogP contribution in [0.2, 0.25) is 0 Å². The van der Waals surface area contributed by atoms with Gasteiger partial charge in [0.2, 0.25) is 5.91 Å². The summed E-state index contributed by atoms with van der Waals surface area (Å²) < 4.78 is 0. The molecule has 0 aliphatic carbocycles. The molecule has 17 heavy (non-hydrogen) atoms. The molecule has 2 atom stereocenters. The Morgan fingerprint density at radius 1 is 1.35 bits per heavy atom. The highest BCUT2D eigenvalue weighted by atomic mass is 16.4. The van der Waals surface area contributed by atoms with E-state index in [4.69, 9.17) is 5.11 Å². The standard InChI is InChI=1S/C12H22N2O3/c1-8(2)11(15)13-10-5-4-6-14(7-10)9(3)12(16)17/h8-10H,4-7H2,1-3H3,(H,13,15)(H,16,17). The van der Waals surface area contributed by atoms with Gasteiger partial charge in [0, 0.05) is 18.5 Å². The van der Waals surface area contributed by atoms with Crippen LogP contribution in [0.15, 0.2) is 0 Å². The molecule has 0 spiro atoms. The minimum absolute atomic E-state index is 0.0257. The van der Waals surface area contributed by atoms with Crippen LogP contribution in [0.5, 0.6) is 0 Å². The highest BCUT2D eigenvalue weighted by Gasteiger charge is 2.28. The number of likely N-dealkylation sites (tertiary alicyclic amines) is 1. The number of hydrogen-bond acceptors (Lipinski definition) is 3. The monoisotopic (exact) mass is 242 g/mol. The summed E-state index contributed by atoms with van der Waals surface area (Å²) in [6.45, 7) is 6.83. The third kappa shape index (κ3) is 4.00. The molecular weight excluding hydrogens is 220 g/mol. The highest BCUT2D eigenvalue weighted by molar-refractivity contribution is 5.78. The van der Waals surface area contributed by atoms with Crippen LogP contribution in [-0.4, -0.2) is 47.1 Å². The van der Waals surface area contributed by atoms with E-state index in [0.717, 1.165) is 19.4 Å². The smallest absolute Gasteiger partial charge is 0.320 e. The number of hydrogen-bond donors (Lipinski definition) is 2. The fourth-order valence-electron chi connectivity index (χ4n) is 2.00. The van der Waals surface area contributed by atoms with Gasteiger partial charge in [-0.25, -0.2) is 0 Å². The maximum atomic E-state index is 11.6. The average Bonchev–Trinajstić information content (AvgIpc) is 2.28. The fraction of sp³-hybridized carbons (Fsp3) is 0.833. The molecule has 98 valence electrons. The number of amides is 1. The van der Waals surface area contributed by atoms with Crippen molar-refractivity contribution < 1.29 is 14.7 Å². The summed E-state index contributed by atoms with van der Waals surface area (Å²) in [6, 6.07) is -0.394. The van der Waals surface area contributed by atoms with Crippen molar-refractivity contribution in [3.63, 3.8) is 0 Å². The molecule has 5 heteroatoms. The van der Waals surface area contributed by atoms with Crippen LogP contribution in [0.3, 0.4) is 0 Å². The number of piperidine rings is 1. The normalized spacial score (nSPS) is 23.4. The van der Waals surface area contributed by atoms with E-state index < -0.39 is 12.0 Å². The highest BCUT2D eigenvalue weighted by Crippen LogP contribution is 2.13. The Labute approximate surface area is 102 Å². The number of rotatable bonds is 4. The van der Waals surface area contributed by atoms with E-state index in [1.54, 1.807) is 6.92 Å². The summed E-state index contributed by atoms with van der Waals surface area (Å²) in [5, 5.41) is 11.9. The molecule has 1 aliphatic heterocycles. The van der Waals surface area contributed by atoms with Gasteiger partial charge in [0.05, 0.1) is 0 Å². The van der Waals surface area contributed by atoms with E-state index in [1.807, 2.05) is 18.7 Å². The van der Waals surface area contributed by atoms with Crippen molar-refractivity contribution in [2.45, 2.75) is 45.7 Å². The van der Waals surface area contributed by atoms with Gasteiger partial charge in [-0.15, -0.1) is 0 Å². The van der Waals surface area contributed by atoms with Crippen LogP contribution in [0, 0.1) is 5.92 Å².